The summed E-state index contributed by atoms with van der Waals surface area (Å²) in [5.41, 5.74) is 3.43. The minimum Gasteiger partial charge on any atom is -0.485 e. The fourth-order valence-corrected chi connectivity index (χ4v) is 4.96. The van der Waals surface area contributed by atoms with Crippen molar-refractivity contribution in [1.82, 2.24) is 0 Å². The molecule has 0 amide bonds. The minimum absolute atomic E-state index is 0.0414. The molecule has 0 unspecified atom stereocenters. The second kappa shape index (κ2) is 10.7. The average Bonchev–Trinajstić information content (AvgIpc) is 3.12. The van der Waals surface area contributed by atoms with Crippen molar-refractivity contribution in [3.63, 3.8) is 0 Å². The van der Waals surface area contributed by atoms with Gasteiger partial charge in [-0.05, 0) is 53.6 Å². The molecule has 3 aromatic rings. The summed E-state index contributed by atoms with van der Waals surface area (Å²) < 4.78 is 12.4. The van der Waals surface area contributed by atoms with E-state index in [0.29, 0.717) is 37.6 Å². The number of fused-ring (bicyclic) bond motifs is 1. The predicted molar refractivity (Wildman–Crippen MR) is 131 cm³/mol. The summed E-state index contributed by atoms with van der Waals surface area (Å²) in [7, 11) is 0. The Morgan fingerprint density at radius 3 is 2.00 bits per heavy atom. The first-order valence-corrected chi connectivity index (χ1v) is 11.9. The van der Waals surface area contributed by atoms with Gasteiger partial charge in [-0.25, -0.2) is 0 Å². The molecular formula is C29H32O5. The first kappa shape index (κ1) is 23.8. The molecule has 0 heterocycles. The van der Waals surface area contributed by atoms with Crippen molar-refractivity contribution in [3.05, 3.63) is 95.1 Å². The Kier molecular flexibility index (Phi) is 7.53. The summed E-state index contributed by atoms with van der Waals surface area (Å²) in [6.07, 6.45) is 2.01. The van der Waals surface area contributed by atoms with Crippen LogP contribution in [-0.2, 0) is 24.4 Å². The first-order valence-electron chi connectivity index (χ1n) is 11.9. The number of aliphatic hydroxyl groups excluding tert-OH is 1. The van der Waals surface area contributed by atoms with Crippen molar-refractivity contribution in [1.29, 1.82) is 0 Å². The molecule has 2 N–H and O–H groups in total. The third-order valence-electron chi connectivity index (χ3n) is 6.68. The molecule has 0 bridgehead atoms. The van der Waals surface area contributed by atoms with Gasteiger partial charge in [0.2, 0.25) is 0 Å². The largest absolute Gasteiger partial charge is 0.485 e. The van der Waals surface area contributed by atoms with Gasteiger partial charge >= 0.3 is 5.97 Å². The Morgan fingerprint density at radius 1 is 0.912 bits per heavy atom. The van der Waals surface area contributed by atoms with Crippen LogP contribution in [0.1, 0.15) is 61.0 Å². The monoisotopic (exact) mass is 460 g/mol. The van der Waals surface area contributed by atoms with Gasteiger partial charge in [0.15, 0.2) is 11.5 Å². The lowest BCUT2D eigenvalue weighted by Gasteiger charge is -2.32. The normalized spacial score (nSPS) is 18.9. The molecule has 178 valence electrons. The summed E-state index contributed by atoms with van der Waals surface area (Å²) in [4.78, 5) is 11.3. The van der Waals surface area contributed by atoms with Crippen LogP contribution in [0.25, 0.3) is 0 Å². The van der Waals surface area contributed by atoms with E-state index in [2.05, 4.69) is 6.92 Å². The van der Waals surface area contributed by atoms with Gasteiger partial charge in [0.25, 0.3) is 0 Å². The number of aliphatic hydroxyl groups is 1. The van der Waals surface area contributed by atoms with E-state index in [1.54, 1.807) is 0 Å². The molecule has 4 rings (SSSR count). The number of carbonyl (C=O) groups is 1. The van der Waals surface area contributed by atoms with Gasteiger partial charge in [0.1, 0.15) is 13.2 Å². The maximum Gasteiger partial charge on any atom is 0.303 e. The molecule has 1 aliphatic carbocycles. The SMILES string of the molecule is CCC[C@@]1(CCC(=O)O)Cc2cc(OCc3ccccc3)c(OCc3ccccc3)cc2[C@H]1O. The molecule has 2 atom stereocenters. The highest BCUT2D eigenvalue weighted by Gasteiger charge is 2.45. The maximum atomic E-state index is 11.4. The van der Waals surface area contributed by atoms with Gasteiger partial charge in [-0.1, -0.05) is 74.0 Å². The molecular weight excluding hydrogens is 428 g/mol. The van der Waals surface area contributed by atoms with Gasteiger partial charge in [-0.2, -0.15) is 0 Å². The fourth-order valence-electron chi connectivity index (χ4n) is 4.96. The molecule has 0 spiro atoms. The van der Waals surface area contributed by atoms with E-state index < -0.39 is 17.5 Å². The highest BCUT2D eigenvalue weighted by molar-refractivity contribution is 5.66. The van der Waals surface area contributed by atoms with E-state index in [9.17, 15) is 15.0 Å². The number of rotatable bonds is 11. The van der Waals surface area contributed by atoms with Crippen LogP contribution in [0.2, 0.25) is 0 Å². The lowest BCUT2D eigenvalue weighted by Crippen LogP contribution is -2.27. The van der Waals surface area contributed by atoms with E-state index in [1.165, 1.54) is 0 Å². The summed E-state index contributed by atoms with van der Waals surface area (Å²) in [5.74, 6) is 0.386. The Labute approximate surface area is 201 Å². The second-order valence-corrected chi connectivity index (χ2v) is 9.13. The number of carboxylic acids is 1. The Bertz CT molecular complexity index is 1100. The first-order chi connectivity index (χ1) is 16.5. The van der Waals surface area contributed by atoms with Crippen molar-refractivity contribution in [2.24, 2.45) is 5.41 Å². The summed E-state index contributed by atoms with van der Waals surface area (Å²) >= 11 is 0. The topological polar surface area (TPSA) is 76.0 Å². The van der Waals surface area contributed by atoms with Gasteiger partial charge in [0.05, 0.1) is 6.10 Å². The maximum absolute atomic E-state index is 11.4. The zero-order valence-corrected chi connectivity index (χ0v) is 19.6. The number of hydrogen-bond donors (Lipinski definition) is 2. The van der Waals surface area contributed by atoms with E-state index in [4.69, 9.17) is 9.47 Å². The zero-order chi connectivity index (χ0) is 24.0. The molecule has 5 heteroatoms. The van der Waals surface area contributed by atoms with Crippen molar-refractivity contribution >= 4 is 5.97 Å². The quantitative estimate of drug-likeness (QED) is 0.362. The highest BCUT2D eigenvalue weighted by atomic mass is 16.5. The molecule has 0 aromatic heterocycles. The van der Waals surface area contributed by atoms with Gasteiger partial charge in [0, 0.05) is 11.8 Å². The number of aliphatic carboxylic acids is 1. The molecule has 0 saturated heterocycles. The molecule has 34 heavy (non-hydrogen) atoms. The number of ether oxygens (including phenoxy) is 2. The summed E-state index contributed by atoms with van der Waals surface area (Å²) in [6, 6.07) is 23.7. The van der Waals surface area contributed by atoms with E-state index in [-0.39, 0.29) is 6.42 Å². The van der Waals surface area contributed by atoms with Crippen LogP contribution in [0.15, 0.2) is 72.8 Å². The smallest absolute Gasteiger partial charge is 0.303 e. The Morgan fingerprint density at radius 2 is 1.47 bits per heavy atom. The number of hydrogen-bond acceptors (Lipinski definition) is 4. The second-order valence-electron chi connectivity index (χ2n) is 9.13. The predicted octanol–water partition coefficient (Wildman–Crippen LogP) is 6.09. The summed E-state index contributed by atoms with van der Waals surface area (Å²) in [5, 5.41) is 20.6. The van der Waals surface area contributed by atoms with Crippen molar-refractivity contribution in [2.45, 2.75) is 58.3 Å². The van der Waals surface area contributed by atoms with Crippen LogP contribution < -0.4 is 9.47 Å². The van der Waals surface area contributed by atoms with Crippen molar-refractivity contribution in [2.75, 3.05) is 0 Å². The standard InChI is InChI=1S/C29H32O5/c1-2-14-29(15-13-27(30)31)18-23-16-25(33-19-21-9-5-3-6-10-21)26(17-24(23)28(29)32)34-20-22-11-7-4-8-12-22/h3-12,16-17,28,32H,2,13-15,18-20H2,1H3,(H,30,31)/t28-,29-/m1/s1. The number of benzene rings is 3. The minimum atomic E-state index is -0.836. The average molecular weight is 461 g/mol. The van der Waals surface area contributed by atoms with Crippen LogP contribution in [0.4, 0.5) is 0 Å². The lowest BCUT2D eigenvalue weighted by molar-refractivity contribution is -0.138. The van der Waals surface area contributed by atoms with Gasteiger partial charge < -0.3 is 19.7 Å². The zero-order valence-electron chi connectivity index (χ0n) is 19.6. The van der Waals surface area contributed by atoms with Crippen LogP contribution >= 0.6 is 0 Å². The highest BCUT2D eigenvalue weighted by Crippen LogP contribution is 2.53. The van der Waals surface area contributed by atoms with Crippen LogP contribution in [0, 0.1) is 5.41 Å². The number of carboxylic acid groups (broad SMARTS) is 1. The third-order valence-corrected chi connectivity index (χ3v) is 6.68. The van der Waals surface area contributed by atoms with E-state index >= 15 is 0 Å². The molecule has 0 aliphatic heterocycles. The van der Waals surface area contributed by atoms with E-state index in [0.717, 1.165) is 35.1 Å². The Hall–Kier alpha value is -3.31. The Balaban J connectivity index is 1.63. The molecule has 0 saturated carbocycles. The van der Waals surface area contributed by atoms with Crippen LogP contribution in [-0.4, -0.2) is 16.2 Å². The van der Waals surface area contributed by atoms with Crippen molar-refractivity contribution in [3.8, 4) is 11.5 Å². The van der Waals surface area contributed by atoms with Gasteiger partial charge in [-0.15, -0.1) is 0 Å². The molecule has 0 radical (unpaired) electrons. The third kappa shape index (κ3) is 5.42. The van der Waals surface area contributed by atoms with Gasteiger partial charge in [-0.3, -0.25) is 4.79 Å². The lowest BCUT2D eigenvalue weighted by atomic mass is 9.74. The molecule has 3 aromatic carbocycles. The molecule has 0 fully saturated rings. The fraction of sp³-hybridized carbons (Fsp3) is 0.345. The van der Waals surface area contributed by atoms with Crippen molar-refractivity contribution < 1.29 is 24.5 Å². The van der Waals surface area contributed by atoms with Crippen LogP contribution in [0.3, 0.4) is 0 Å². The molecule has 5 nitrogen and oxygen atoms in total. The summed E-state index contributed by atoms with van der Waals surface area (Å²) in [6.45, 7) is 2.86. The molecule has 1 aliphatic rings. The van der Waals surface area contributed by atoms with E-state index in [1.807, 2.05) is 72.8 Å². The van der Waals surface area contributed by atoms with Crippen LogP contribution in [0.5, 0.6) is 11.5 Å².